The van der Waals surface area contributed by atoms with Crippen molar-refractivity contribution in [3.8, 4) is 5.75 Å². The number of anilines is 1. The third kappa shape index (κ3) is 3.53. The molecule has 6 nitrogen and oxygen atoms in total. The van der Waals surface area contributed by atoms with Gasteiger partial charge >= 0.3 is 0 Å². The molecule has 0 aliphatic carbocycles. The summed E-state index contributed by atoms with van der Waals surface area (Å²) in [7, 11) is 0. The van der Waals surface area contributed by atoms with Crippen LogP contribution in [-0.2, 0) is 4.79 Å². The summed E-state index contributed by atoms with van der Waals surface area (Å²) in [4.78, 5) is 28.4. The molecule has 5 rings (SSSR count). The van der Waals surface area contributed by atoms with Crippen molar-refractivity contribution in [3.63, 3.8) is 0 Å². The quantitative estimate of drug-likeness (QED) is 0.345. The topological polar surface area (TPSA) is 91.0 Å². The number of hydrogen-bond acceptors (Lipinski definition) is 5. The van der Waals surface area contributed by atoms with Crippen molar-refractivity contribution in [3.05, 3.63) is 106 Å². The maximum absolute atomic E-state index is 13.6. The highest BCUT2D eigenvalue weighted by molar-refractivity contribution is 6.32. The summed E-state index contributed by atoms with van der Waals surface area (Å²) < 4.78 is 5.74. The average molecular weight is 474 g/mol. The maximum Gasteiger partial charge on any atom is 0.294 e. The van der Waals surface area contributed by atoms with E-state index in [-0.39, 0.29) is 22.1 Å². The van der Waals surface area contributed by atoms with Gasteiger partial charge in [0.2, 0.25) is 5.78 Å². The van der Waals surface area contributed by atoms with Crippen molar-refractivity contribution in [2.24, 2.45) is 0 Å². The number of aryl methyl sites for hydroxylation is 2. The zero-order chi connectivity index (χ0) is 24.1. The molecule has 0 saturated heterocycles. The smallest absolute Gasteiger partial charge is 0.294 e. The van der Waals surface area contributed by atoms with Crippen LogP contribution in [0.5, 0.6) is 5.75 Å². The van der Waals surface area contributed by atoms with Gasteiger partial charge in [-0.2, -0.15) is 0 Å². The second-order valence-electron chi connectivity index (χ2n) is 8.37. The molecule has 0 spiro atoms. The van der Waals surface area contributed by atoms with Crippen LogP contribution in [0, 0.1) is 13.8 Å². The fourth-order valence-electron chi connectivity index (χ4n) is 4.43. The first kappa shape index (κ1) is 21.8. The Labute approximate surface area is 200 Å². The van der Waals surface area contributed by atoms with Crippen molar-refractivity contribution in [1.29, 1.82) is 0 Å². The Morgan fingerprint density at radius 2 is 1.68 bits per heavy atom. The highest BCUT2D eigenvalue weighted by atomic mass is 35.5. The van der Waals surface area contributed by atoms with E-state index in [0.29, 0.717) is 16.8 Å². The first-order valence-corrected chi connectivity index (χ1v) is 11.0. The lowest BCUT2D eigenvalue weighted by molar-refractivity contribution is -0.117. The zero-order valence-electron chi connectivity index (χ0n) is 18.4. The number of furan rings is 1. The van der Waals surface area contributed by atoms with Crippen LogP contribution in [-0.4, -0.2) is 21.9 Å². The number of Topliss-reactive ketones (excluding diaryl/α,β-unsaturated/α-hetero) is 1. The molecule has 1 unspecified atom stereocenters. The van der Waals surface area contributed by atoms with E-state index in [4.69, 9.17) is 16.0 Å². The number of phenols is 1. The molecule has 34 heavy (non-hydrogen) atoms. The van der Waals surface area contributed by atoms with E-state index in [1.54, 1.807) is 24.3 Å². The molecule has 0 saturated carbocycles. The number of ketones is 1. The van der Waals surface area contributed by atoms with Crippen LogP contribution in [0.3, 0.4) is 0 Å². The van der Waals surface area contributed by atoms with E-state index >= 15 is 0 Å². The summed E-state index contributed by atoms with van der Waals surface area (Å²) in [6.07, 6.45) is 0. The van der Waals surface area contributed by atoms with Gasteiger partial charge in [0, 0.05) is 11.1 Å². The van der Waals surface area contributed by atoms with Crippen LogP contribution in [0.2, 0.25) is 5.02 Å². The number of phenolic OH excluding ortho intramolecular Hbond substituents is 1. The molecular formula is C27H20ClNO5. The Morgan fingerprint density at radius 1 is 0.971 bits per heavy atom. The minimum Gasteiger partial charge on any atom is -0.506 e. The molecule has 1 aliphatic rings. The molecule has 7 heteroatoms. The molecule has 1 aromatic heterocycles. The van der Waals surface area contributed by atoms with E-state index in [9.17, 15) is 19.8 Å². The minimum atomic E-state index is -0.979. The fraction of sp³-hybridized carbons (Fsp3) is 0.111. The van der Waals surface area contributed by atoms with Crippen LogP contribution < -0.4 is 4.90 Å². The van der Waals surface area contributed by atoms with Gasteiger partial charge in [-0.1, -0.05) is 41.9 Å². The number of amides is 1. The lowest BCUT2D eigenvalue weighted by Gasteiger charge is -2.27. The molecule has 1 aliphatic heterocycles. The van der Waals surface area contributed by atoms with E-state index in [2.05, 4.69) is 0 Å². The average Bonchev–Trinajstić information content (AvgIpc) is 3.34. The summed E-state index contributed by atoms with van der Waals surface area (Å²) in [5.74, 6) is -2.10. The Bertz CT molecular complexity index is 1460. The summed E-state index contributed by atoms with van der Waals surface area (Å²) in [6.45, 7) is 3.80. The lowest BCUT2D eigenvalue weighted by Crippen LogP contribution is -2.31. The van der Waals surface area contributed by atoms with Gasteiger partial charge in [0.25, 0.3) is 5.91 Å². The SMILES string of the molecule is Cc1cc(C)cc(N2C(=O)C(O)=C(C(=O)c3cc4ccccc4o3)C2c2ccc(O)c(Cl)c2)c1. The number of fused-ring (bicyclic) bond motifs is 1. The van der Waals surface area contributed by atoms with Crippen molar-refractivity contribution in [1.82, 2.24) is 0 Å². The number of rotatable bonds is 4. The highest BCUT2D eigenvalue weighted by Crippen LogP contribution is 2.44. The number of aromatic hydroxyl groups is 1. The third-order valence-corrected chi connectivity index (χ3v) is 6.18. The van der Waals surface area contributed by atoms with Gasteiger partial charge in [-0.25, -0.2) is 0 Å². The van der Waals surface area contributed by atoms with Gasteiger partial charge in [-0.3, -0.25) is 14.5 Å². The van der Waals surface area contributed by atoms with Gasteiger partial charge in [0.15, 0.2) is 11.5 Å². The molecule has 170 valence electrons. The molecule has 3 aromatic carbocycles. The van der Waals surface area contributed by atoms with Gasteiger partial charge in [-0.05, 0) is 66.9 Å². The van der Waals surface area contributed by atoms with Crippen molar-refractivity contribution in [2.45, 2.75) is 19.9 Å². The van der Waals surface area contributed by atoms with Gasteiger partial charge in [0.05, 0.1) is 16.6 Å². The lowest BCUT2D eigenvalue weighted by atomic mass is 9.94. The number of carbonyl (C=O) groups excluding carboxylic acids is 2. The number of para-hydroxylation sites is 1. The second-order valence-corrected chi connectivity index (χ2v) is 8.78. The highest BCUT2D eigenvalue weighted by Gasteiger charge is 2.45. The number of nitrogens with zero attached hydrogens (tertiary/aromatic N) is 1. The van der Waals surface area contributed by atoms with Crippen LogP contribution in [0.1, 0.15) is 33.3 Å². The summed E-state index contributed by atoms with van der Waals surface area (Å²) in [5.41, 5.74) is 3.22. The minimum absolute atomic E-state index is 0.00713. The number of halogens is 1. The molecule has 1 amide bonds. The van der Waals surface area contributed by atoms with Crippen molar-refractivity contribution < 1.29 is 24.2 Å². The third-order valence-electron chi connectivity index (χ3n) is 5.87. The van der Waals surface area contributed by atoms with Crippen LogP contribution in [0.15, 0.2) is 82.5 Å². The predicted molar refractivity (Wildman–Crippen MR) is 129 cm³/mol. The van der Waals surface area contributed by atoms with Crippen LogP contribution in [0.4, 0.5) is 5.69 Å². The van der Waals surface area contributed by atoms with Crippen LogP contribution >= 0.6 is 11.6 Å². The number of aliphatic hydroxyl groups is 1. The Balaban J connectivity index is 1.70. The van der Waals surface area contributed by atoms with Gasteiger partial charge in [-0.15, -0.1) is 0 Å². The summed E-state index contributed by atoms with van der Waals surface area (Å²) in [5, 5.41) is 21.6. The molecule has 1 atom stereocenters. The molecule has 0 fully saturated rings. The van der Waals surface area contributed by atoms with Gasteiger partial charge < -0.3 is 14.6 Å². The van der Waals surface area contributed by atoms with Crippen molar-refractivity contribution in [2.75, 3.05) is 4.90 Å². The van der Waals surface area contributed by atoms with E-state index in [1.165, 1.54) is 17.0 Å². The second kappa shape index (κ2) is 8.08. The van der Waals surface area contributed by atoms with E-state index in [1.807, 2.05) is 44.2 Å². The van der Waals surface area contributed by atoms with Gasteiger partial charge in [0.1, 0.15) is 11.3 Å². The molecule has 2 heterocycles. The number of benzene rings is 3. The standard InChI is InChI=1S/C27H20ClNO5/c1-14-9-15(2)11-18(10-14)29-24(17-7-8-20(30)19(28)12-17)23(26(32)27(29)33)25(31)22-13-16-5-3-4-6-21(16)34-22/h3-13,24,30,32H,1-2H3. The van der Waals surface area contributed by atoms with E-state index in [0.717, 1.165) is 16.5 Å². The monoisotopic (exact) mass is 473 g/mol. The maximum atomic E-state index is 13.6. The summed E-state index contributed by atoms with van der Waals surface area (Å²) in [6, 6.07) is 17.8. The zero-order valence-corrected chi connectivity index (χ0v) is 19.1. The number of aliphatic hydroxyl groups excluding tert-OH is 1. The molecular weight excluding hydrogens is 454 g/mol. The molecule has 2 N–H and O–H groups in total. The number of hydrogen-bond donors (Lipinski definition) is 2. The first-order chi connectivity index (χ1) is 16.2. The Hall–Kier alpha value is -4.03. The van der Waals surface area contributed by atoms with E-state index < -0.39 is 23.5 Å². The first-order valence-electron chi connectivity index (χ1n) is 10.6. The number of carbonyl (C=O) groups is 2. The van der Waals surface area contributed by atoms with Crippen LogP contribution in [0.25, 0.3) is 11.0 Å². The normalized spacial score (nSPS) is 16.0. The van der Waals surface area contributed by atoms with Crippen molar-refractivity contribution >= 4 is 39.9 Å². The molecule has 4 aromatic rings. The predicted octanol–water partition coefficient (Wildman–Crippen LogP) is 6.19. The fourth-order valence-corrected chi connectivity index (χ4v) is 4.62. The largest absolute Gasteiger partial charge is 0.506 e. The Kier molecular flexibility index (Phi) is 5.18. The molecule has 0 bridgehead atoms. The molecule has 0 radical (unpaired) electrons. The Morgan fingerprint density at radius 3 is 2.35 bits per heavy atom. The summed E-state index contributed by atoms with van der Waals surface area (Å²) >= 11 is 6.17.